The van der Waals surface area contributed by atoms with Crippen molar-refractivity contribution >= 4 is 23.5 Å². The number of nitrogens with zero attached hydrogens (tertiary/aromatic N) is 1. The molecule has 2 bridgehead atoms. The van der Waals surface area contributed by atoms with Crippen LogP contribution in [-0.4, -0.2) is 47.8 Å². The number of esters is 1. The van der Waals surface area contributed by atoms with E-state index >= 15 is 0 Å². The molecule has 0 radical (unpaired) electrons. The van der Waals surface area contributed by atoms with E-state index in [1.807, 2.05) is 0 Å². The molecular formula is C18H17NO6. The highest BCUT2D eigenvalue weighted by Gasteiger charge is 2.67. The minimum Gasteiger partial charge on any atom is -0.462 e. The number of amides is 2. The minimum atomic E-state index is -1.13. The highest BCUT2D eigenvalue weighted by Crippen LogP contribution is 2.52. The largest absolute Gasteiger partial charge is 0.462 e. The average molecular weight is 343 g/mol. The predicted molar refractivity (Wildman–Crippen MR) is 85.7 cm³/mol. The number of hydrogen-bond acceptors (Lipinski definition) is 6. The summed E-state index contributed by atoms with van der Waals surface area (Å²) < 4.78 is 10.7. The molecule has 4 atom stereocenters. The van der Waals surface area contributed by atoms with Crippen LogP contribution in [0, 0.1) is 11.8 Å². The van der Waals surface area contributed by atoms with Gasteiger partial charge in [-0.15, -0.1) is 0 Å². The molecule has 7 nitrogen and oxygen atoms in total. The summed E-state index contributed by atoms with van der Waals surface area (Å²) in [7, 11) is 0. The van der Waals surface area contributed by atoms with Crippen molar-refractivity contribution < 1.29 is 29.0 Å². The molecule has 1 aromatic carbocycles. The minimum absolute atomic E-state index is 0.235. The lowest BCUT2D eigenvalue weighted by Gasteiger charge is -2.26. The molecule has 3 aliphatic heterocycles. The summed E-state index contributed by atoms with van der Waals surface area (Å²) in [6.07, 6.45) is 2.88. The van der Waals surface area contributed by atoms with Gasteiger partial charge in [-0.25, -0.2) is 9.69 Å². The molecule has 0 aromatic heterocycles. The molecule has 3 aliphatic rings. The number of carbonyl (C=O) groups is 3. The number of anilines is 1. The number of carbonyl (C=O) groups excluding carboxylic acids is 3. The Labute approximate surface area is 143 Å². The summed E-state index contributed by atoms with van der Waals surface area (Å²) >= 11 is 0. The van der Waals surface area contributed by atoms with Gasteiger partial charge in [0.1, 0.15) is 5.60 Å². The van der Waals surface area contributed by atoms with E-state index in [1.165, 1.54) is 6.07 Å². The Kier molecular flexibility index (Phi) is 3.52. The van der Waals surface area contributed by atoms with Crippen molar-refractivity contribution in [3.05, 3.63) is 42.0 Å². The van der Waals surface area contributed by atoms with Crippen LogP contribution < -0.4 is 4.90 Å². The Morgan fingerprint density at radius 3 is 2.88 bits per heavy atom. The molecule has 0 aliphatic carbocycles. The van der Waals surface area contributed by atoms with Crippen LogP contribution in [0.5, 0.6) is 0 Å². The molecule has 0 saturated carbocycles. The van der Waals surface area contributed by atoms with E-state index in [0.717, 1.165) is 4.90 Å². The number of benzene rings is 1. The first kappa shape index (κ1) is 16.0. The van der Waals surface area contributed by atoms with Gasteiger partial charge in [0.05, 0.1) is 42.4 Å². The van der Waals surface area contributed by atoms with Crippen molar-refractivity contribution in [2.45, 2.75) is 18.6 Å². The maximum absolute atomic E-state index is 12.9. The van der Waals surface area contributed by atoms with Gasteiger partial charge in [-0.05, 0) is 25.1 Å². The summed E-state index contributed by atoms with van der Waals surface area (Å²) in [6.45, 7) is 1.57. The van der Waals surface area contributed by atoms with Crippen molar-refractivity contribution in [2.75, 3.05) is 18.1 Å². The third-order valence-electron chi connectivity index (χ3n) is 5.02. The maximum atomic E-state index is 12.9. The fraction of sp³-hybridized carbons (Fsp3) is 0.389. The van der Waals surface area contributed by atoms with Crippen molar-refractivity contribution in [2.24, 2.45) is 11.8 Å². The molecule has 25 heavy (non-hydrogen) atoms. The standard InChI is InChI=1S/C18H17NO6/c1-2-24-17(23)10-4-3-5-11(8-10)19-15(21)13-12-6-7-18(9-20,25-12)14(13)16(19)22/h3-8,12-14,20H,2,9H2,1H3/t12-,13+,14-,18+/m1/s1. The van der Waals surface area contributed by atoms with Gasteiger partial charge in [-0.3, -0.25) is 9.59 Å². The van der Waals surface area contributed by atoms with E-state index < -0.39 is 35.4 Å². The Morgan fingerprint density at radius 2 is 2.16 bits per heavy atom. The first-order valence-electron chi connectivity index (χ1n) is 8.15. The van der Waals surface area contributed by atoms with Crippen LogP contribution in [0.4, 0.5) is 5.69 Å². The van der Waals surface area contributed by atoms with E-state index in [-0.39, 0.29) is 24.7 Å². The van der Waals surface area contributed by atoms with Crippen molar-refractivity contribution in [3.8, 4) is 0 Å². The van der Waals surface area contributed by atoms with Crippen molar-refractivity contribution in [1.29, 1.82) is 0 Å². The molecule has 2 saturated heterocycles. The van der Waals surface area contributed by atoms with Gasteiger partial charge < -0.3 is 14.6 Å². The van der Waals surface area contributed by atoms with Gasteiger partial charge in [0, 0.05) is 0 Å². The van der Waals surface area contributed by atoms with Crippen LogP contribution in [0.3, 0.4) is 0 Å². The Bertz CT molecular complexity index is 803. The zero-order valence-corrected chi connectivity index (χ0v) is 13.5. The number of imide groups is 1. The van der Waals surface area contributed by atoms with E-state index in [0.29, 0.717) is 5.69 Å². The summed E-state index contributed by atoms with van der Waals surface area (Å²) in [5, 5.41) is 9.71. The molecular weight excluding hydrogens is 326 g/mol. The summed E-state index contributed by atoms with van der Waals surface area (Å²) in [5.74, 6) is -2.69. The van der Waals surface area contributed by atoms with Gasteiger partial charge in [0.15, 0.2) is 0 Å². The second kappa shape index (κ2) is 5.50. The number of aliphatic hydroxyl groups is 1. The van der Waals surface area contributed by atoms with Crippen LogP contribution in [-0.2, 0) is 19.1 Å². The van der Waals surface area contributed by atoms with E-state index in [1.54, 1.807) is 37.3 Å². The number of hydrogen-bond donors (Lipinski definition) is 1. The Hall–Kier alpha value is -2.51. The van der Waals surface area contributed by atoms with Gasteiger partial charge >= 0.3 is 5.97 Å². The molecule has 1 aromatic rings. The third-order valence-corrected chi connectivity index (χ3v) is 5.02. The maximum Gasteiger partial charge on any atom is 0.338 e. The van der Waals surface area contributed by atoms with Gasteiger partial charge in [-0.2, -0.15) is 0 Å². The normalized spacial score (nSPS) is 32.4. The van der Waals surface area contributed by atoms with Crippen LogP contribution in [0.1, 0.15) is 17.3 Å². The first-order chi connectivity index (χ1) is 12.0. The first-order valence-corrected chi connectivity index (χ1v) is 8.15. The molecule has 2 amide bonds. The van der Waals surface area contributed by atoms with Crippen molar-refractivity contribution in [1.82, 2.24) is 0 Å². The Balaban J connectivity index is 1.70. The number of ether oxygens (including phenoxy) is 2. The zero-order chi connectivity index (χ0) is 17.8. The molecule has 2 fully saturated rings. The smallest absolute Gasteiger partial charge is 0.338 e. The molecule has 7 heteroatoms. The fourth-order valence-electron chi connectivity index (χ4n) is 3.92. The summed E-state index contributed by atoms with van der Waals surface area (Å²) in [5.41, 5.74) is -0.538. The zero-order valence-electron chi connectivity index (χ0n) is 13.5. The lowest BCUT2D eigenvalue weighted by atomic mass is 9.77. The number of rotatable bonds is 4. The van der Waals surface area contributed by atoms with Crippen LogP contribution in [0.25, 0.3) is 0 Å². The Morgan fingerprint density at radius 1 is 1.36 bits per heavy atom. The third kappa shape index (κ3) is 2.09. The van der Waals surface area contributed by atoms with Crippen LogP contribution in [0.2, 0.25) is 0 Å². The van der Waals surface area contributed by atoms with Crippen molar-refractivity contribution in [3.63, 3.8) is 0 Å². The molecule has 4 rings (SSSR count). The molecule has 3 heterocycles. The second-order valence-electron chi connectivity index (χ2n) is 6.34. The van der Waals surface area contributed by atoms with Gasteiger partial charge in [-0.1, -0.05) is 18.2 Å². The summed E-state index contributed by atoms with van der Waals surface area (Å²) in [4.78, 5) is 38.8. The molecule has 130 valence electrons. The molecule has 0 spiro atoms. The van der Waals surface area contributed by atoms with E-state index in [2.05, 4.69) is 0 Å². The summed E-state index contributed by atoms with van der Waals surface area (Å²) in [6, 6.07) is 6.23. The SMILES string of the molecule is CCOC(=O)c1cccc(N2C(=O)[C@H]3[C@H]4C=C[C@@](CO)(O4)[C@H]3C2=O)c1. The molecule has 0 unspecified atom stereocenters. The number of aliphatic hydroxyl groups excluding tert-OH is 1. The highest BCUT2D eigenvalue weighted by atomic mass is 16.5. The number of fused-ring (bicyclic) bond motifs is 5. The highest BCUT2D eigenvalue weighted by molar-refractivity contribution is 6.23. The monoisotopic (exact) mass is 343 g/mol. The van der Waals surface area contributed by atoms with Crippen LogP contribution in [0.15, 0.2) is 36.4 Å². The van der Waals surface area contributed by atoms with E-state index in [9.17, 15) is 19.5 Å². The topological polar surface area (TPSA) is 93.1 Å². The quantitative estimate of drug-likeness (QED) is 0.491. The van der Waals surface area contributed by atoms with E-state index in [4.69, 9.17) is 9.47 Å². The molecule has 1 N–H and O–H groups in total. The van der Waals surface area contributed by atoms with Gasteiger partial charge in [0.25, 0.3) is 0 Å². The lowest BCUT2D eigenvalue weighted by molar-refractivity contribution is -0.128. The predicted octanol–water partition coefficient (Wildman–Crippen LogP) is 0.669. The van der Waals surface area contributed by atoms with Gasteiger partial charge in [0.2, 0.25) is 11.8 Å². The average Bonchev–Trinajstić information content (AvgIpc) is 3.26. The lowest BCUT2D eigenvalue weighted by Crippen LogP contribution is -2.43. The second-order valence-corrected chi connectivity index (χ2v) is 6.34. The fourth-order valence-corrected chi connectivity index (χ4v) is 3.92. The van der Waals surface area contributed by atoms with Crippen LogP contribution >= 0.6 is 0 Å².